The van der Waals surface area contributed by atoms with Gasteiger partial charge in [0.05, 0.1) is 24.9 Å². The first-order valence-corrected chi connectivity index (χ1v) is 9.09. The van der Waals surface area contributed by atoms with Crippen LogP contribution < -0.4 is 0 Å². The van der Waals surface area contributed by atoms with Gasteiger partial charge in [0, 0.05) is 29.3 Å². The van der Waals surface area contributed by atoms with Crippen LogP contribution in [0.2, 0.25) is 0 Å². The van der Waals surface area contributed by atoms with Gasteiger partial charge in [-0.15, -0.1) is 0 Å². The Labute approximate surface area is 138 Å². The van der Waals surface area contributed by atoms with E-state index in [0.717, 1.165) is 0 Å². The Morgan fingerprint density at radius 1 is 1.26 bits per heavy atom. The van der Waals surface area contributed by atoms with Crippen LogP contribution in [0.15, 0.2) is 0 Å². The van der Waals surface area contributed by atoms with Crippen LogP contribution >= 0.6 is 11.8 Å². The number of fused-ring (bicyclic) bond motifs is 3. The average Bonchev–Trinajstić information content (AvgIpc) is 2.97. The summed E-state index contributed by atoms with van der Waals surface area (Å²) in [6, 6.07) is 0. The second kappa shape index (κ2) is 5.14. The van der Waals surface area contributed by atoms with Gasteiger partial charge in [0.15, 0.2) is 5.60 Å². The van der Waals surface area contributed by atoms with Gasteiger partial charge in [-0.05, 0) is 6.42 Å². The third kappa shape index (κ3) is 2.03. The van der Waals surface area contributed by atoms with Gasteiger partial charge in [0.25, 0.3) is 0 Å². The Kier molecular flexibility index (Phi) is 3.63. The van der Waals surface area contributed by atoms with E-state index >= 15 is 0 Å². The number of aliphatic hydroxyl groups excluding tert-OH is 3. The van der Waals surface area contributed by atoms with Crippen molar-refractivity contribution < 1.29 is 34.7 Å². The molecule has 0 aromatic carbocycles. The van der Waals surface area contributed by atoms with E-state index in [0.29, 0.717) is 5.75 Å². The molecule has 0 aromatic rings. The summed E-state index contributed by atoms with van der Waals surface area (Å²) in [5.74, 6) is -2.27. The van der Waals surface area contributed by atoms with Crippen molar-refractivity contribution in [1.82, 2.24) is 0 Å². The quantitative estimate of drug-likeness (QED) is 0.426. The lowest BCUT2D eigenvalue weighted by Crippen LogP contribution is -2.64. The molecule has 0 aromatic heterocycles. The molecule has 3 aliphatic heterocycles. The Morgan fingerprint density at radius 2 is 2.00 bits per heavy atom. The number of Topliss-reactive ketones (excluding diaryl/α,β-unsaturated/α-hetero) is 1. The zero-order chi connectivity index (χ0) is 16.6. The molecule has 7 nitrogen and oxygen atoms in total. The number of hydrogen-bond acceptors (Lipinski definition) is 8. The topological polar surface area (TPSA) is 116 Å². The first kappa shape index (κ1) is 16.3. The maximum absolute atomic E-state index is 12.9. The smallest absolute Gasteiger partial charge is 0.235 e. The molecule has 1 saturated carbocycles. The highest BCUT2D eigenvalue weighted by Gasteiger charge is 2.73. The van der Waals surface area contributed by atoms with Gasteiger partial charge in [-0.3, -0.25) is 4.79 Å². The third-order valence-electron chi connectivity index (χ3n) is 5.85. The van der Waals surface area contributed by atoms with Crippen molar-refractivity contribution in [3.63, 3.8) is 0 Å². The molecule has 8 heteroatoms. The van der Waals surface area contributed by atoms with Crippen molar-refractivity contribution in [1.29, 1.82) is 0 Å². The molecule has 3 saturated heterocycles. The van der Waals surface area contributed by atoms with Gasteiger partial charge in [0.1, 0.15) is 6.10 Å². The van der Waals surface area contributed by atoms with Crippen LogP contribution in [0.3, 0.4) is 0 Å². The number of thioether (sulfide) groups is 1. The van der Waals surface area contributed by atoms with Crippen molar-refractivity contribution in [3.8, 4) is 0 Å². The Morgan fingerprint density at radius 3 is 2.70 bits per heavy atom. The summed E-state index contributed by atoms with van der Waals surface area (Å²) in [6.45, 7) is 1.96. The van der Waals surface area contributed by atoms with E-state index in [9.17, 15) is 25.2 Å². The van der Waals surface area contributed by atoms with Gasteiger partial charge in [0.2, 0.25) is 11.6 Å². The van der Waals surface area contributed by atoms with E-state index < -0.39 is 41.6 Å². The van der Waals surface area contributed by atoms with Gasteiger partial charge in [-0.25, -0.2) is 0 Å². The van der Waals surface area contributed by atoms with Crippen LogP contribution in [0.4, 0.5) is 0 Å². The van der Waals surface area contributed by atoms with E-state index in [2.05, 4.69) is 0 Å². The minimum atomic E-state index is -2.04. The first-order valence-electron chi connectivity index (χ1n) is 8.04. The van der Waals surface area contributed by atoms with Crippen LogP contribution in [0.1, 0.15) is 19.8 Å². The van der Waals surface area contributed by atoms with Crippen LogP contribution in [0.25, 0.3) is 0 Å². The third-order valence-corrected chi connectivity index (χ3v) is 7.37. The molecule has 0 bridgehead atoms. The molecule has 3 heterocycles. The molecule has 4 N–H and O–H groups in total. The van der Waals surface area contributed by atoms with Crippen molar-refractivity contribution in [2.45, 2.75) is 60.8 Å². The molecule has 9 atom stereocenters. The Hall–Kier alpha value is -0.220. The van der Waals surface area contributed by atoms with E-state index in [1.165, 1.54) is 11.8 Å². The predicted molar refractivity (Wildman–Crippen MR) is 79.7 cm³/mol. The lowest BCUT2D eigenvalue weighted by Gasteiger charge is -2.42. The largest absolute Gasteiger partial charge is 0.393 e. The molecule has 1 aliphatic carbocycles. The van der Waals surface area contributed by atoms with E-state index in [4.69, 9.17) is 9.47 Å². The van der Waals surface area contributed by atoms with Crippen molar-refractivity contribution >= 4 is 17.5 Å². The number of carbonyl (C=O) groups is 1. The van der Waals surface area contributed by atoms with E-state index in [1.54, 1.807) is 0 Å². The average molecular weight is 346 g/mol. The second-order valence-electron chi connectivity index (χ2n) is 7.29. The molecule has 130 valence electrons. The molecular formula is C15H22O7S. The minimum absolute atomic E-state index is 0.0524. The molecule has 23 heavy (non-hydrogen) atoms. The number of hydrogen-bond donors (Lipinski definition) is 4. The first-order chi connectivity index (χ1) is 10.8. The molecule has 4 fully saturated rings. The molecule has 1 spiro atoms. The number of carbonyl (C=O) groups excluding carboxylic acids is 1. The summed E-state index contributed by atoms with van der Waals surface area (Å²) in [5.41, 5.74) is -2.04. The number of rotatable bonds is 0. The number of ketones is 1. The molecule has 0 unspecified atom stereocenters. The number of ether oxygens (including phenoxy) is 2. The van der Waals surface area contributed by atoms with E-state index in [-0.39, 0.29) is 36.5 Å². The maximum Gasteiger partial charge on any atom is 0.235 e. The summed E-state index contributed by atoms with van der Waals surface area (Å²) in [4.78, 5) is 12.9. The highest BCUT2D eigenvalue weighted by atomic mass is 32.2. The summed E-state index contributed by atoms with van der Waals surface area (Å²) in [6.07, 6.45) is -3.51. The Bertz CT molecular complexity index is 530. The van der Waals surface area contributed by atoms with Crippen LogP contribution in [-0.2, 0) is 14.3 Å². The minimum Gasteiger partial charge on any atom is -0.393 e. The molecule has 0 radical (unpaired) electrons. The summed E-state index contributed by atoms with van der Waals surface area (Å²) < 4.78 is 11.5. The van der Waals surface area contributed by atoms with Crippen LogP contribution in [0, 0.1) is 11.8 Å². The monoisotopic (exact) mass is 346 g/mol. The highest BCUT2D eigenvalue weighted by molar-refractivity contribution is 8.00. The maximum atomic E-state index is 12.9. The lowest BCUT2D eigenvalue weighted by molar-refractivity contribution is -0.266. The Balaban J connectivity index is 1.70. The fourth-order valence-corrected chi connectivity index (χ4v) is 5.95. The molecular weight excluding hydrogens is 324 g/mol. The van der Waals surface area contributed by atoms with Crippen molar-refractivity contribution in [2.24, 2.45) is 11.8 Å². The fraction of sp³-hybridized carbons (Fsp3) is 0.933. The summed E-state index contributed by atoms with van der Waals surface area (Å²) >= 11 is 1.45. The number of aliphatic hydroxyl groups is 4. The zero-order valence-corrected chi connectivity index (χ0v) is 13.6. The van der Waals surface area contributed by atoms with Gasteiger partial charge < -0.3 is 29.9 Å². The molecule has 4 rings (SSSR count). The van der Waals surface area contributed by atoms with Crippen LogP contribution in [-0.4, -0.2) is 79.6 Å². The second-order valence-corrected chi connectivity index (χ2v) is 8.50. The predicted octanol–water partition coefficient (Wildman–Crippen LogP) is -1.34. The summed E-state index contributed by atoms with van der Waals surface area (Å²) in [5, 5.41) is 41.3. The highest BCUT2D eigenvalue weighted by Crippen LogP contribution is 2.54. The SMILES string of the molecule is C[C@@H]1CO[C@@]2(C[C@@H]1O)O[C@H]1[C@H]3SC[C@H](O)[C@H]3C[C@H](O)[C@]1(O)C2=O. The van der Waals surface area contributed by atoms with Gasteiger partial charge in [-0.2, -0.15) is 11.8 Å². The standard InChI is InChI=1S/C15H22O7S/c1-6-4-21-14(3-8(6)16)13(19)15(20)10(18)2-7-9(17)5-23-11(7)12(15)22-14/h6-12,16-18,20H,2-5H2,1H3/t6-,7-,8+,9+,10+,11+,12+,14+,15-/m1/s1. The van der Waals surface area contributed by atoms with Gasteiger partial charge >= 0.3 is 0 Å². The van der Waals surface area contributed by atoms with Gasteiger partial charge in [-0.1, -0.05) is 6.92 Å². The summed E-state index contributed by atoms with van der Waals surface area (Å²) in [7, 11) is 0. The van der Waals surface area contributed by atoms with Crippen molar-refractivity contribution in [3.05, 3.63) is 0 Å². The van der Waals surface area contributed by atoms with E-state index in [1.807, 2.05) is 6.92 Å². The van der Waals surface area contributed by atoms with Crippen molar-refractivity contribution in [2.75, 3.05) is 12.4 Å². The zero-order valence-electron chi connectivity index (χ0n) is 12.8. The fourth-order valence-electron chi connectivity index (χ4n) is 4.31. The lowest BCUT2D eigenvalue weighted by atomic mass is 9.70. The molecule has 0 amide bonds. The van der Waals surface area contributed by atoms with Crippen LogP contribution in [0.5, 0.6) is 0 Å². The normalized spacial score (nSPS) is 59.2. The molecule has 4 aliphatic rings.